The normalized spacial score (nSPS) is 12.5. The first kappa shape index (κ1) is 91.3. The second-order valence-electron chi connectivity index (χ2n) is 29.9. The summed E-state index contributed by atoms with van der Waals surface area (Å²) in [6, 6.07) is -0.540. The average molecular weight is 1310 g/mol. The number of rotatable bonds is 82. The molecule has 6 heteroatoms. The predicted molar refractivity (Wildman–Crippen MR) is 412 cm³/mol. The Balaban J connectivity index is 3.35. The molecule has 2 atom stereocenters. The van der Waals surface area contributed by atoms with Crippen LogP contribution in [0.2, 0.25) is 0 Å². The molecule has 0 aliphatic heterocycles. The van der Waals surface area contributed by atoms with Gasteiger partial charge in [-0.1, -0.05) is 449 Å². The van der Waals surface area contributed by atoms with Gasteiger partial charge >= 0.3 is 5.97 Å². The fourth-order valence-electron chi connectivity index (χ4n) is 14.0. The fraction of sp³-hybridized carbons (Fsp3) is 0.931. The van der Waals surface area contributed by atoms with Gasteiger partial charge in [-0.3, -0.25) is 9.59 Å². The van der Waals surface area contributed by atoms with E-state index in [1.165, 1.54) is 417 Å². The minimum Gasteiger partial charge on any atom is -0.466 e. The van der Waals surface area contributed by atoms with Gasteiger partial charge in [-0.05, 0) is 57.8 Å². The monoisotopic (exact) mass is 1310 g/mol. The largest absolute Gasteiger partial charge is 0.466 e. The summed E-state index contributed by atoms with van der Waals surface area (Å²) in [6.45, 7) is 5.02. The molecule has 1 amide bonds. The molecule has 0 aromatic heterocycles. The van der Waals surface area contributed by atoms with Gasteiger partial charge in [0.05, 0.1) is 25.4 Å². The van der Waals surface area contributed by atoms with Crippen LogP contribution in [0, 0.1) is 0 Å². The van der Waals surface area contributed by atoms with E-state index in [2.05, 4.69) is 43.5 Å². The summed E-state index contributed by atoms with van der Waals surface area (Å²) in [4.78, 5) is 24.7. The molecule has 0 spiro atoms. The molecule has 6 nitrogen and oxygen atoms in total. The maximum absolute atomic E-state index is 12.6. The van der Waals surface area contributed by atoms with Gasteiger partial charge in [-0.2, -0.15) is 0 Å². The lowest BCUT2D eigenvalue weighted by molar-refractivity contribution is -0.143. The van der Waals surface area contributed by atoms with Gasteiger partial charge in [0, 0.05) is 12.8 Å². The SMILES string of the molecule is CCCCCCCCCCCCCCCCCCCCCCCC(O)C(CO)NC(=O)CCCCCCCCCCCCCCCCCCC/C=C\C/C=C\CCCCCCCCCCCCCCCOC(=O)CCCCCCCCCCCCCCCCCCCC. The number of unbranched alkanes of at least 4 members (excludes halogenated alkanes) is 67. The van der Waals surface area contributed by atoms with Crippen molar-refractivity contribution in [1.29, 1.82) is 0 Å². The summed E-state index contributed by atoms with van der Waals surface area (Å²) in [5.41, 5.74) is 0. The summed E-state index contributed by atoms with van der Waals surface area (Å²) >= 11 is 0. The van der Waals surface area contributed by atoms with Gasteiger partial charge in [0.15, 0.2) is 0 Å². The number of aliphatic hydroxyl groups is 2. The molecule has 93 heavy (non-hydrogen) atoms. The first-order valence-corrected chi connectivity index (χ1v) is 43.1. The highest BCUT2D eigenvalue weighted by Crippen LogP contribution is 2.21. The predicted octanol–water partition coefficient (Wildman–Crippen LogP) is 28.8. The fourth-order valence-corrected chi connectivity index (χ4v) is 14.0. The van der Waals surface area contributed by atoms with Gasteiger partial charge < -0.3 is 20.3 Å². The summed E-state index contributed by atoms with van der Waals surface area (Å²) in [7, 11) is 0. The van der Waals surface area contributed by atoms with E-state index in [0.29, 0.717) is 25.9 Å². The van der Waals surface area contributed by atoms with Crippen LogP contribution in [0.3, 0.4) is 0 Å². The van der Waals surface area contributed by atoms with Crippen molar-refractivity contribution in [3.8, 4) is 0 Å². The molecule has 0 bridgehead atoms. The maximum Gasteiger partial charge on any atom is 0.305 e. The van der Waals surface area contributed by atoms with Crippen molar-refractivity contribution in [1.82, 2.24) is 5.32 Å². The van der Waals surface area contributed by atoms with Crippen molar-refractivity contribution in [2.24, 2.45) is 0 Å². The molecule has 0 radical (unpaired) electrons. The zero-order chi connectivity index (χ0) is 67.0. The number of esters is 1. The number of carbonyl (C=O) groups excluding carboxylic acids is 2. The van der Waals surface area contributed by atoms with Crippen molar-refractivity contribution in [2.45, 2.75) is 508 Å². The molecule has 0 aromatic carbocycles. The lowest BCUT2D eigenvalue weighted by atomic mass is 10.0. The molecule has 0 saturated carbocycles. The molecular formula is C87H169NO5. The number of carbonyl (C=O) groups is 2. The Morgan fingerprint density at radius 1 is 0.301 bits per heavy atom. The molecular weight excluding hydrogens is 1140 g/mol. The van der Waals surface area contributed by atoms with E-state index in [9.17, 15) is 19.8 Å². The number of allylic oxidation sites excluding steroid dienone is 4. The average Bonchev–Trinajstić information content (AvgIpc) is 3.78. The summed E-state index contributed by atoms with van der Waals surface area (Å²) in [6.07, 6.45) is 107. The minimum absolute atomic E-state index is 0.0244. The third kappa shape index (κ3) is 79.2. The van der Waals surface area contributed by atoms with Crippen molar-refractivity contribution < 1.29 is 24.5 Å². The lowest BCUT2D eigenvalue weighted by Crippen LogP contribution is -2.45. The number of ether oxygens (including phenoxy) is 1. The lowest BCUT2D eigenvalue weighted by Gasteiger charge is -2.22. The molecule has 0 rings (SSSR count). The second-order valence-corrected chi connectivity index (χ2v) is 29.9. The molecule has 0 aromatic rings. The van der Waals surface area contributed by atoms with Crippen LogP contribution < -0.4 is 5.32 Å². The smallest absolute Gasteiger partial charge is 0.305 e. The quantitative estimate of drug-likeness (QED) is 0.0320. The van der Waals surface area contributed by atoms with Crippen molar-refractivity contribution in [2.75, 3.05) is 13.2 Å². The van der Waals surface area contributed by atoms with Crippen molar-refractivity contribution in [3.05, 3.63) is 24.3 Å². The molecule has 0 fully saturated rings. The Morgan fingerprint density at radius 2 is 0.538 bits per heavy atom. The van der Waals surface area contributed by atoms with Gasteiger partial charge in [-0.25, -0.2) is 0 Å². The highest BCUT2D eigenvalue weighted by Gasteiger charge is 2.20. The minimum atomic E-state index is -0.663. The Hall–Kier alpha value is -1.66. The second kappa shape index (κ2) is 82.8. The summed E-state index contributed by atoms with van der Waals surface area (Å²) < 4.78 is 5.52. The number of nitrogens with one attached hydrogen (secondary N) is 1. The van der Waals surface area contributed by atoms with Crippen molar-refractivity contribution >= 4 is 11.9 Å². The Bertz CT molecular complexity index is 1460. The topological polar surface area (TPSA) is 95.9 Å². The van der Waals surface area contributed by atoms with E-state index in [0.717, 1.165) is 44.9 Å². The third-order valence-corrected chi connectivity index (χ3v) is 20.5. The number of aliphatic hydroxyl groups excluding tert-OH is 2. The number of hydrogen-bond donors (Lipinski definition) is 3. The van der Waals surface area contributed by atoms with Crippen LogP contribution in [0.4, 0.5) is 0 Å². The molecule has 3 N–H and O–H groups in total. The van der Waals surface area contributed by atoms with Crippen LogP contribution in [0.15, 0.2) is 24.3 Å². The van der Waals surface area contributed by atoms with Gasteiger partial charge in [-0.15, -0.1) is 0 Å². The van der Waals surface area contributed by atoms with Crippen LogP contribution in [0.5, 0.6) is 0 Å². The van der Waals surface area contributed by atoms with Crippen LogP contribution in [0.25, 0.3) is 0 Å². The number of hydrogen-bond acceptors (Lipinski definition) is 5. The van der Waals surface area contributed by atoms with E-state index in [4.69, 9.17) is 4.74 Å². The molecule has 0 heterocycles. The molecule has 0 aliphatic carbocycles. The molecule has 2 unspecified atom stereocenters. The summed E-state index contributed by atoms with van der Waals surface area (Å²) in [5, 5.41) is 23.5. The summed E-state index contributed by atoms with van der Waals surface area (Å²) in [5.74, 6) is -0.00212. The Labute approximate surface area is 583 Å². The van der Waals surface area contributed by atoms with E-state index >= 15 is 0 Å². The van der Waals surface area contributed by atoms with Gasteiger partial charge in [0.25, 0.3) is 0 Å². The molecule has 552 valence electrons. The van der Waals surface area contributed by atoms with Crippen molar-refractivity contribution in [3.63, 3.8) is 0 Å². The van der Waals surface area contributed by atoms with Crippen LogP contribution in [0.1, 0.15) is 495 Å². The molecule has 0 saturated heterocycles. The van der Waals surface area contributed by atoms with Crippen LogP contribution >= 0.6 is 0 Å². The van der Waals surface area contributed by atoms with E-state index in [1.54, 1.807) is 0 Å². The third-order valence-electron chi connectivity index (χ3n) is 20.5. The standard InChI is InChI=1S/C87H169NO5/c1-3-5-7-9-11-13-15-17-19-21-23-41-44-47-51-55-59-63-67-71-75-79-85(90)84(83-89)88-86(91)80-76-72-68-64-60-56-52-48-45-42-39-37-35-33-31-29-27-25-24-26-28-30-32-34-36-38-40-43-46-50-54-58-62-66-70-74-78-82-93-87(92)81-77-73-69-65-61-57-53-49-22-20-18-16-14-12-10-8-6-4-2/h24,26,30,32,84-85,89-90H,3-23,25,27-29,31,33-83H2,1-2H3,(H,88,91)/b26-24-,32-30-. The van der Waals surface area contributed by atoms with Gasteiger partial charge in [0.2, 0.25) is 5.91 Å². The first-order chi connectivity index (χ1) is 46.0. The van der Waals surface area contributed by atoms with Crippen LogP contribution in [-0.2, 0) is 14.3 Å². The molecule has 0 aliphatic rings. The Kier molecular flexibility index (Phi) is 81.3. The first-order valence-electron chi connectivity index (χ1n) is 43.1. The van der Waals surface area contributed by atoms with Gasteiger partial charge in [0.1, 0.15) is 0 Å². The van der Waals surface area contributed by atoms with Crippen LogP contribution in [-0.4, -0.2) is 47.4 Å². The maximum atomic E-state index is 12.6. The van der Waals surface area contributed by atoms with E-state index < -0.39 is 12.1 Å². The van der Waals surface area contributed by atoms with E-state index in [-0.39, 0.29) is 18.5 Å². The highest BCUT2D eigenvalue weighted by atomic mass is 16.5. The highest BCUT2D eigenvalue weighted by molar-refractivity contribution is 5.76. The Morgan fingerprint density at radius 3 is 0.817 bits per heavy atom. The zero-order valence-corrected chi connectivity index (χ0v) is 63.5. The van der Waals surface area contributed by atoms with E-state index in [1.807, 2.05) is 0 Å². The number of amides is 1. The zero-order valence-electron chi connectivity index (χ0n) is 63.5.